The van der Waals surface area contributed by atoms with Gasteiger partial charge in [-0.1, -0.05) is 29.8 Å². The molecule has 2 heterocycles. The van der Waals surface area contributed by atoms with Crippen LogP contribution in [0.2, 0.25) is 5.02 Å². The number of esters is 1. The summed E-state index contributed by atoms with van der Waals surface area (Å²) in [4.78, 5) is 27.6. The Morgan fingerprint density at radius 1 is 1.03 bits per heavy atom. The van der Waals surface area contributed by atoms with E-state index < -0.39 is 23.6 Å². The fourth-order valence-corrected chi connectivity index (χ4v) is 4.66. The first kappa shape index (κ1) is 25.3. The van der Waals surface area contributed by atoms with E-state index in [-0.39, 0.29) is 16.8 Å². The normalized spacial score (nSPS) is 15.3. The third-order valence-electron chi connectivity index (χ3n) is 6.08. The number of hydrogen-bond acceptors (Lipinski definition) is 3. The summed E-state index contributed by atoms with van der Waals surface area (Å²) in [5, 5.41) is 0.414. The van der Waals surface area contributed by atoms with Crippen molar-refractivity contribution in [3.05, 3.63) is 99.0 Å². The molecule has 0 saturated carbocycles. The number of rotatable bonds is 4. The molecule has 0 atom stereocenters. The molecule has 0 fully saturated rings. The summed E-state index contributed by atoms with van der Waals surface area (Å²) < 4.78 is 47.5. The molecule has 0 bridgehead atoms. The van der Waals surface area contributed by atoms with Gasteiger partial charge in [0.1, 0.15) is 0 Å². The molecule has 9 heteroatoms. The van der Waals surface area contributed by atoms with Crippen molar-refractivity contribution in [2.75, 3.05) is 12.0 Å². The zero-order valence-corrected chi connectivity index (χ0v) is 20.7. The van der Waals surface area contributed by atoms with E-state index in [1.54, 1.807) is 51.1 Å². The van der Waals surface area contributed by atoms with Crippen molar-refractivity contribution in [1.29, 1.82) is 0 Å². The molecule has 36 heavy (non-hydrogen) atoms. The first-order chi connectivity index (χ1) is 17.0. The second kappa shape index (κ2) is 9.35. The second-order valence-electron chi connectivity index (χ2n) is 8.31. The van der Waals surface area contributed by atoms with Crippen molar-refractivity contribution in [2.45, 2.75) is 26.9 Å². The number of methoxy groups -OCH3 is 1. The smallest absolute Gasteiger partial charge is 0.418 e. The number of allylic oxidation sites excluding steroid dienone is 1. The van der Waals surface area contributed by atoms with Gasteiger partial charge in [0.2, 0.25) is 0 Å². The van der Waals surface area contributed by atoms with Crippen molar-refractivity contribution in [2.24, 2.45) is 0 Å². The monoisotopic (exact) mass is 514 g/mol. The van der Waals surface area contributed by atoms with E-state index in [9.17, 15) is 22.8 Å². The number of aryl methyl sites for hydroxylation is 1. The Morgan fingerprint density at radius 3 is 2.36 bits per heavy atom. The predicted octanol–water partition coefficient (Wildman–Crippen LogP) is 6.64. The maximum absolute atomic E-state index is 13.7. The minimum atomic E-state index is -4.55. The van der Waals surface area contributed by atoms with Crippen molar-refractivity contribution in [1.82, 2.24) is 4.57 Å². The lowest BCUT2D eigenvalue weighted by atomic mass is 10.0. The Kier molecular flexibility index (Phi) is 6.58. The molecule has 0 saturated heterocycles. The van der Waals surface area contributed by atoms with E-state index in [0.29, 0.717) is 33.4 Å². The van der Waals surface area contributed by atoms with Crippen LogP contribution < -0.4 is 4.90 Å². The average molecular weight is 515 g/mol. The molecule has 5 nitrogen and oxygen atoms in total. The van der Waals surface area contributed by atoms with Gasteiger partial charge < -0.3 is 9.30 Å². The maximum Gasteiger partial charge on any atom is 0.418 e. The number of para-hydroxylation sites is 1. The topological polar surface area (TPSA) is 51.5 Å². The van der Waals surface area contributed by atoms with Gasteiger partial charge in [-0.15, -0.1) is 0 Å². The lowest BCUT2D eigenvalue weighted by molar-refractivity contribution is -0.137. The van der Waals surface area contributed by atoms with E-state index in [0.717, 1.165) is 6.07 Å². The van der Waals surface area contributed by atoms with Gasteiger partial charge in [-0.2, -0.15) is 13.2 Å². The molecule has 186 valence electrons. The van der Waals surface area contributed by atoms with Crippen LogP contribution in [0.5, 0.6) is 0 Å². The molecule has 1 aromatic heterocycles. The minimum absolute atomic E-state index is 0.0251. The molecule has 0 aliphatic carbocycles. The summed E-state index contributed by atoms with van der Waals surface area (Å²) in [7, 11) is 1.21. The summed E-state index contributed by atoms with van der Waals surface area (Å²) in [5.74, 6) is -1.18. The summed E-state index contributed by atoms with van der Waals surface area (Å²) in [5.41, 5.74) is 1.68. The SMILES string of the molecule is COC(=O)C1=C(C)N(c2cccc(Cl)c2)C(=O)/C1=C\c1cc(C)n(-c2ccccc2C(F)(F)F)c1C. The summed E-state index contributed by atoms with van der Waals surface area (Å²) >= 11 is 6.11. The fraction of sp³-hybridized carbons (Fsp3) is 0.185. The molecule has 3 aromatic rings. The molecule has 0 radical (unpaired) electrons. The molecule has 1 aliphatic rings. The van der Waals surface area contributed by atoms with Crippen LogP contribution in [0.15, 0.2) is 71.4 Å². The number of benzene rings is 2. The van der Waals surface area contributed by atoms with Crippen LogP contribution in [0.3, 0.4) is 0 Å². The number of nitrogens with zero attached hydrogens (tertiary/aromatic N) is 2. The van der Waals surface area contributed by atoms with Gasteiger partial charge in [0.05, 0.1) is 35.2 Å². The number of alkyl halides is 3. The largest absolute Gasteiger partial charge is 0.465 e. The van der Waals surface area contributed by atoms with Crippen molar-refractivity contribution < 1.29 is 27.5 Å². The van der Waals surface area contributed by atoms with Crippen LogP contribution in [0, 0.1) is 13.8 Å². The highest BCUT2D eigenvalue weighted by Crippen LogP contribution is 2.38. The zero-order chi connectivity index (χ0) is 26.4. The van der Waals surface area contributed by atoms with Gasteiger partial charge in [0.25, 0.3) is 5.91 Å². The van der Waals surface area contributed by atoms with Crippen LogP contribution in [0.25, 0.3) is 11.8 Å². The van der Waals surface area contributed by atoms with Gasteiger partial charge >= 0.3 is 12.1 Å². The quantitative estimate of drug-likeness (QED) is 0.289. The number of aromatic nitrogens is 1. The first-order valence-corrected chi connectivity index (χ1v) is 11.3. The molecule has 0 spiro atoms. The Morgan fingerprint density at radius 2 is 1.72 bits per heavy atom. The van der Waals surface area contributed by atoms with Crippen molar-refractivity contribution >= 4 is 35.2 Å². The third kappa shape index (κ3) is 4.33. The van der Waals surface area contributed by atoms with Crippen LogP contribution >= 0.6 is 11.6 Å². The van der Waals surface area contributed by atoms with Crippen LogP contribution in [-0.2, 0) is 20.5 Å². The number of halogens is 4. The second-order valence-corrected chi connectivity index (χ2v) is 8.74. The van der Waals surface area contributed by atoms with Gasteiger partial charge in [-0.05, 0) is 68.8 Å². The number of amides is 1. The lowest BCUT2D eigenvalue weighted by Gasteiger charge is -2.18. The van der Waals surface area contributed by atoms with Gasteiger partial charge in [-0.3, -0.25) is 9.69 Å². The van der Waals surface area contributed by atoms with Gasteiger partial charge in [0, 0.05) is 22.1 Å². The Balaban J connectivity index is 1.88. The van der Waals surface area contributed by atoms with Crippen LogP contribution in [-0.4, -0.2) is 23.6 Å². The highest BCUT2D eigenvalue weighted by atomic mass is 35.5. The molecule has 1 amide bonds. The number of carbonyl (C=O) groups is 2. The van der Waals surface area contributed by atoms with Crippen LogP contribution in [0.1, 0.15) is 29.4 Å². The van der Waals surface area contributed by atoms with Crippen molar-refractivity contribution in [3.63, 3.8) is 0 Å². The third-order valence-corrected chi connectivity index (χ3v) is 6.31. The first-order valence-electron chi connectivity index (χ1n) is 10.9. The van der Waals surface area contributed by atoms with Crippen LogP contribution in [0.4, 0.5) is 18.9 Å². The van der Waals surface area contributed by atoms with E-state index in [1.165, 1.54) is 40.9 Å². The summed E-state index contributed by atoms with van der Waals surface area (Å²) in [6, 6.07) is 13.6. The summed E-state index contributed by atoms with van der Waals surface area (Å²) in [6.45, 7) is 4.96. The minimum Gasteiger partial charge on any atom is -0.465 e. The molecular weight excluding hydrogens is 493 g/mol. The average Bonchev–Trinajstić information content (AvgIpc) is 3.23. The van der Waals surface area contributed by atoms with Gasteiger partial charge in [-0.25, -0.2) is 4.79 Å². The number of hydrogen-bond donors (Lipinski definition) is 0. The van der Waals surface area contributed by atoms with E-state index in [2.05, 4.69) is 0 Å². The standard InChI is InChI=1S/C27H22ClF3N2O3/c1-15-12-18(16(2)32(15)23-11-6-5-10-22(23)27(29,30)31)13-21-24(26(35)36-4)17(3)33(25(21)34)20-9-7-8-19(28)14-20/h5-14H,1-4H3/b21-13-. The highest BCUT2D eigenvalue weighted by molar-refractivity contribution is 6.31. The Labute approximate surface area is 211 Å². The molecule has 2 aromatic carbocycles. The summed E-state index contributed by atoms with van der Waals surface area (Å²) in [6.07, 6.45) is -3.03. The molecule has 0 N–H and O–H groups in total. The molecule has 0 unspecified atom stereocenters. The Bertz CT molecular complexity index is 1450. The number of ether oxygens (including phenoxy) is 1. The lowest BCUT2D eigenvalue weighted by Crippen LogP contribution is -2.24. The molecule has 1 aliphatic heterocycles. The maximum atomic E-state index is 13.7. The highest BCUT2D eigenvalue weighted by Gasteiger charge is 2.38. The fourth-order valence-electron chi connectivity index (χ4n) is 4.47. The Hall–Kier alpha value is -3.78. The van der Waals surface area contributed by atoms with E-state index >= 15 is 0 Å². The zero-order valence-electron chi connectivity index (χ0n) is 19.9. The predicted molar refractivity (Wildman–Crippen MR) is 132 cm³/mol. The molecule has 4 rings (SSSR count). The number of anilines is 1. The molecular formula is C27H22ClF3N2O3. The van der Waals surface area contributed by atoms with Crippen molar-refractivity contribution in [3.8, 4) is 5.69 Å². The number of carbonyl (C=O) groups excluding carboxylic acids is 2. The van der Waals surface area contributed by atoms with E-state index in [4.69, 9.17) is 16.3 Å². The van der Waals surface area contributed by atoms with E-state index in [1.807, 2.05) is 0 Å². The van der Waals surface area contributed by atoms with Gasteiger partial charge in [0.15, 0.2) is 0 Å².